The molecule has 6 nitrogen and oxygen atoms in total. The fraction of sp³-hybridized carbons (Fsp3) is 0.656. The van der Waals surface area contributed by atoms with Crippen molar-refractivity contribution in [2.45, 2.75) is 245 Å². The van der Waals surface area contributed by atoms with Crippen molar-refractivity contribution in [2.75, 3.05) is 13.2 Å². The van der Waals surface area contributed by atoms with E-state index in [1.165, 1.54) is 96.3 Å². The molecule has 6 heteroatoms. The number of allylic oxidation sites excluding steroid dienone is 18. The van der Waals surface area contributed by atoms with E-state index in [9.17, 15) is 14.4 Å². The number of unbranched alkanes of at least 4 members (excludes halogenated alkanes) is 19. The molecule has 0 unspecified atom stereocenters. The van der Waals surface area contributed by atoms with Gasteiger partial charge in [0, 0.05) is 19.3 Å². The van der Waals surface area contributed by atoms with E-state index in [2.05, 4.69) is 130 Å². The first-order valence-electron chi connectivity index (χ1n) is 27.4. The number of carbonyl (C=O) groups excluding carboxylic acids is 3. The maximum Gasteiger partial charge on any atom is 0.306 e. The molecule has 0 spiro atoms. The molecule has 0 aromatic heterocycles. The maximum atomic E-state index is 12.8. The molecular weight excluding hydrogens is 829 g/mol. The number of carbonyl (C=O) groups is 3. The topological polar surface area (TPSA) is 78.9 Å². The first-order valence-corrected chi connectivity index (χ1v) is 27.4. The van der Waals surface area contributed by atoms with Crippen molar-refractivity contribution >= 4 is 17.9 Å². The van der Waals surface area contributed by atoms with Crippen LogP contribution in [0.25, 0.3) is 0 Å². The third-order valence-corrected chi connectivity index (χ3v) is 11.2. The number of hydrogen-bond acceptors (Lipinski definition) is 6. The molecule has 0 radical (unpaired) electrons. The molecule has 0 aliphatic rings. The van der Waals surface area contributed by atoms with Crippen molar-refractivity contribution in [1.82, 2.24) is 0 Å². The second-order valence-electron chi connectivity index (χ2n) is 17.7. The summed E-state index contributed by atoms with van der Waals surface area (Å²) < 4.78 is 16.8. The van der Waals surface area contributed by atoms with Crippen molar-refractivity contribution in [3.8, 4) is 0 Å². The van der Waals surface area contributed by atoms with Gasteiger partial charge >= 0.3 is 17.9 Å². The molecule has 0 bridgehead atoms. The van der Waals surface area contributed by atoms with E-state index in [4.69, 9.17) is 14.2 Å². The van der Waals surface area contributed by atoms with Gasteiger partial charge in [0.1, 0.15) is 13.2 Å². The summed E-state index contributed by atoms with van der Waals surface area (Å²) >= 11 is 0. The van der Waals surface area contributed by atoms with Crippen molar-refractivity contribution in [1.29, 1.82) is 0 Å². The Balaban J connectivity index is 4.50. The van der Waals surface area contributed by atoms with Crippen LogP contribution in [-0.4, -0.2) is 37.2 Å². The molecule has 0 saturated heterocycles. The quantitative estimate of drug-likeness (QED) is 0.0262. The zero-order valence-corrected chi connectivity index (χ0v) is 43.4. The molecule has 0 fully saturated rings. The molecule has 380 valence electrons. The fourth-order valence-corrected chi connectivity index (χ4v) is 7.12. The lowest BCUT2D eigenvalue weighted by Crippen LogP contribution is -2.30. The van der Waals surface area contributed by atoms with Gasteiger partial charge in [-0.15, -0.1) is 0 Å². The molecular formula is C61H100O6. The molecule has 0 aromatic carbocycles. The van der Waals surface area contributed by atoms with Gasteiger partial charge in [-0.3, -0.25) is 14.4 Å². The Morgan fingerprint density at radius 2 is 0.582 bits per heavy atom. The second-order valence-corrected chi connectivity index (χ2v) is 17.7. The van der Waals surface area contributed by atoms with Crippen LogP contribution in [0.1, 0.15) is 239 Å². The minimum absolute atomic E-state index is 0.111. The van der Waals surface area contributed by atoms with Crippen LogP contribution in [0.5, 0.6) is 0 Å². The van der Waals surface area contributed by atoms with Crippen molar-refractivity contribution in [3.05, 3.63) is 109 Å². The van der Waals surface area contributed by atoms with E-state index >= 15 is 0 Å². The van der Waals surface area contributed by atoms with Gasteiger partial charge in [-0.05, 0) is 128 Å². The predicted molar refractivity (Wildman–Crippen MR) is 288 cm³/mol. The van der Waals surface area contributed by atoms with Gasteiger partial charge < -0.3 is 14.2 Å². The van der Waals surface area contributed by atoms with Crippen LogP contribution in [0.2, 0.25) is 0 Å². The minimum atomic E-state index is -0.819. The van der Waals surface area contributed by atoms with Crippen LogP contribution in [0.3, 0.4) is 0 Å². The molecule has 0 heterocycles. The Labute approximate surface area is 412 Å². The number of ether oxygens (including phenoxy) is 3. The summed E-state index contributed by atoms with van der Waals surface area (Å²) in [4.78, 5) is 38.1. The fourth-order valence-electron chi connectivity index (χ4n) is 7.12. The van der Waals surface area contributed by atoms with E-state index in [1.54, 1.807) is 0 Å². The molecule has 0 aliphatic heterocycles. The Bertz CT molecular complexity index is 1390. The maximum absolute atomic E-state index is 12.8. The van der Waals surface area contributed by atoms with Crippen LogP contribution in [0, 0.1) is 0 Å². The molecule has 0 aromatic rings. The normalized spacial score (nSPS) is 12.9. The lowest BCUT2D eigenvalue weighted by atomic mass is 10.1. The third-order valence-electron chi connectivity index (χ3n) is 11.2. The van der Waals surface area contributed by atoms with Crippen LogP contribution in [0.4, 0.5) is 0 Å². The van der Waals surface area contributed by atoms with E-state index in [0.29, 0.717) is 19.3 Å². The second kappa shape index (κ2) is 54.7. The average molecular weight is 929 g/mol. The highest BCUT2D eigenvalue weighted by atomic mass is 16.6. The summed E-state index contributed by atoms with van der Waals surface area (Å²) in [5.41, 5.74) is 0. The molecule has 67 heavy (non-hydrogen) atoms. The zero-order chi connectivity index (χ0) is 48.6. The van der Waals surface area contributed by atoms with E-state index in [1.807, 2.05) is 0 Å². The van der Waals surface area contributed by atoms with Gasteiger partial charge in [0.05, 0.1) is 0 Å². The summed E-state index contributed by atoms with van der Waals surface area (Å²) in [6, 6.07) is 0. The minimum Gasteiger partial charge on any atom is -0.462 e. The lowest BCUT2D eigenvalue weighted by molar-refractivity contribution is -0.167. The molecule has 0 saturated carbocycles. The van der Waals surface area contributed by atoms with Gasteiger partial charge in [-0.2, -0.15) is 0 Å². The SMILES string of the molecule is CC/C=C\C/C=C\C/C=C\C/C=C\CCCCC(=O)O[C@H](COC(=O)CCCC/C=C\C/C=C\C/C=C\CCCCC)COC(=O)CCCCCCCCCCC/C=C\C/C=C\CCCCC. The van der Waals surface area contributed by atoms with E-state index < -0.39 is 6.10 Å². The third kappa shape index (κ3) is 52.9. The van der Waals surface area contributed by atoms with Gasteiger partial charge in [-0.25, -0.2) is 0 Å². The first kappa shape index (κ1) is 63.1. The number of esters is 3. The van der Waals surface area contributed by atoms with Gasteiger partial charge in [0.25, 0.3) is 0 Å². The standard InChI is InChI=1S/C61H100O6/c1-4-7-10-13-16-19-22-25-28-29-30-31-34-36-39-42-45-48-51-54-60(63)66-57-58(67-61(64)55-52-49-46-43-40-37-33-27-24-21-18-15-12-9-6-3)56-65-59(62)53-50-47-44-41-38-35-32-26-23-20-17-14-11-8-5-2/h9,12,16-21,25-28,32-33,38,40-41,43,58H,4-8,10-11,13-15,22-24,29-31,34-37,39,42,44-57H2,1-3H3/b12-9-,19-16-,20-17-,21-18-,28-25-,32-26-,33-27-,41-38-,43-40-/t58-/m1/s1. The Hall–Kier alpha value is -3.93. The lowest BCUT2D eigenvalue weighted by Gasteiger charge is -2.18. The van der Waals surface area contributed by atoms with Gasteiger partial charge in [0.15, 0.2) is 6.10 Å². The summed E-state index contributed by atoms with van der Waals surface area (Å²) in [5.74, 6) is -0.999. The van der Waals surface area contributed by atoms with Crippen molar-refractivity contribution in [2.24, 2.45) is 0 Å². The van der Waals surface area contributed by atoms with Gasteiger partial charge in [0.2, 0.25) is 0 Å². The number of rotatable bonds is 48. The molecule has 0 N–H and O–H groups in total. The molecule has 0 rings (SSSR count). The molecule has 0 amide bonds. The van der Waals surface area contributed by atoms with Crippen LogP contribution >= 0.6 is 0 Å². The largest absolute Gasteiger partial charge is 0.462 e. The Morgan fingerprint density at radius 3 is 0.940 bits per heavy atom. The van der Waals surface area contributed by atoms with E-state index in [0.717, 1.165) is 96.3 Å². The highest BCUT2D eigenvalue weighted by molar-refractivity contribution is 5.71. The Kier molecular flexibility index (Phi) is 51.5. The predicted octanol–water partition coefficient (Wildman–Crippen LogP) is 18.3. The monoisotopic (exact) mass is 929 g/mol. The summed E-state index contributed by atoms with van der Waals surface area (Å²) in [7, 11) is 0. The molecule has 0 aliphatic carbocycles. The molecule has 1 atom stereocenters. The Morgan fingerprint density at radius 1 is 0.313 bits per heavy atom. The summed E-state index contributed by atoms with van der Waals surface area (Å²) in [6.07, 6.45) is 73.6. The smallest absolute Gasteiger partial charge is 0.306 e. The van der Waals surface area contributed by atoms with Crippen LogP contribution in [-0.2, 0) is 28.6 Å². The van der Waals surface area contributed by atoms with Crippen LogP contribution in [0.15, 0.2) is 109 Å². The number of hydrogen-bond donors (Lipinski definition) is 0. The van der Waals surface area contributed by atoms with Crippen molar-refractivity contribution < 1.29 is 28.6 Å². The summed E-state index contributed by atoms with van der Waals surface area (Å²) in [6.45, 7) is 6.39. The zero-order valence-electron chi connectivity index (χ0n) is 43.4. The average Bonchev–Trinajstić information content (AvgIpc) is 3.33. The highest BCUT2D eigenvalue weighted by Crippen LogP contribution is 2.13. The first-order chi connectivity index (χ1) is 33.0. The van der Waals surface area contributed by atoms with Crippen molar-refractivity contribution in [3.63, 3.8) is 0 Å². The van der Waals surface area contributed by atoms with E-state index in [-0.39, 0.29) is 37.5 Å². The summed E-state index contributed by atoms with van der Waals surface area (Å²) in [5, 5.41) is 0. The van der Waals surface area contributed by atoms with Gasteiger partial charge in [-0.1, -0.05) is 201 Å². The van der Waals surface area contributed by atoms with Crippen LogP contribution < -0.4 is 0 Å². The highest BCUT2D eigenvalue weighted by Gasteiger charge is 2.19.